The van der Waals surface area contributed by atoms with Gasteiger partial charge in [0.1, 0.15) is 11.8 Å². The summed E-state index contributed by atoms with van der Waals surface area (Å²) in [7, 11) is 0. The predicted molar refractivity (Wildman–Crippen MR) is 135 cm³/mol. The minimum Gasteiger partial charge on any atom is -0.427 e. The molecule has 3 atom stereocenters. The third kappa shape index (κ3) is 3.64. The van der Waals surface area contributed by atoms with Crippen LogP contribution in [0.1, 0.15) is 34.3 Å². The monoisotopic (exact) mass is 493 g/mol. The second kappa shape index (κ2) is 9.00. The zero-order valence-corrected chi connectivity index (χ0v) is 20.0. The SMILES string of the molecule is CC(=O)Oc1ccc([C@@H]2[C@@H](C(=O)c3ccccc3)N3c4ccc(Cl)cc4C=C[C@H]3C2(C#N)C#N)cc1. The van der Waals surface area contributed by atoms with E-state index in [0.29, 0.717) is 21.9 Å². The largest absolute Gasteiger partial charge is 0.427 e. The van der Waals surface area contributed by atoms with Crippen LogP contribution in [-0.4, -0.2) is 23.8 Å². The van der Waals surface area contributed by atoms with Gasteiger partial charge in [0, 0.05) is 29.1 Å². The molecule has 0 N–H and O–H groups in total. The molecule has 2 aliphatic heterocycles. The summed E-state index contributed by atoms with van der Waals surface area (Å²) in [6.45, 7) is 1.31. The molecule has 7 heteroatoms. The van der Waals surface area contributed by atoms with Crippen LogP contribution >= 0.6 is 11.6 Å². The number of anilines is 1. The molecule has 1 fully saturated rings. The molecule has 3 aromatic rings. The minimum absolute atomic E-state index is 0.196. The Morgan fingerprint density at radius 3 is 2.33 bits per heavy atom. The lowest BCUT2D eigenvalue weighted by atomic mass is 9.69. The van der Waals surface area contributed by atoms with Gasteiger partial charge in [0.05, 0.1) is 18.2 Å². The average molecular weight is 494 g/mol. The van der Waals surface area contributed by atoms with Gasteiger partial charge in [-0.05, 0) is 41.5 Å². The summed E-state index contributed by atoms with van der Waals surface area (Å²) in [6.07, 6.45) is 3.66. The highest BCUT2D eigenvalue weighted by atomic mass is 35.5. The van der Waals surface area contributed by atoms with Gasteiger partial charge < -0.3 is 9.64 Å². The number of fused-ring (bicyclic) bond motifs is 3. The number of carbonyl (C=O) groups excluding carboxylic acids is 2. The van der Waals surface area contributed by atoms with Crippen molar-refractivity contribution in [3.8, 4) is 17.9 Å². The summed E-state index contributed by atoms with van der Waals surface area (Å²) in [5, 5.41) is 21.5. The summed E-state index contributed by atoms with van der Waals surface area (Å²) in [6, 6.07) is 23.9. The number of nitrogens with zero attached hydrogens (tertiary/aromatic N) is 3. The van der Waals surface area contributed by atoms with Gasteiger partial charge >= 0.3 is 5.97 Å². The minimum atomic E-state index is -1.56. The third-order valence-electron chi connectivity index (χ3n) is 6.80. The van der Waals surface area contributed by atoms with Crippen molar-refractivity contribution < 1.29 is 14.3 Å². The number of esters is 1. The van der Waals surface area contributed by atoms with Crippen LogP contribution in [0.5, 0.6) is 5.75 Å². The summed E-state index contributed by atoms with van der Waals surface area (Å²) in [4.78, 5) is 27.4. The summed E-state index contributed by atoms with van der Waals surface area (Å²) in [5.41, 5.74) is 1.09. The molecule has 0 bridgehead atoms. The summed E-state index contributed by atoms with van der Waals surface area (Å²) in [5.74, 6) is -1.10. The fourth-order valence-electron chi connectivity index (χ4n) is 5.32. The van der Waals surface area contributed by atoms with Crippen LogP contribution < -0.4 is 9.64 Å². The van der Waals surface area contributed by atoms with E-state index in [-0.39, 0.29) is 5.78 Å². The van der Waals surface area contributed by atoms with Crippen LogP contribution in [0.2, 0.25) is 5.02 Å². The van der Waals surface area contributed by atoms with Crippen LogP contribution in [0.25, 0.3) is 6.08 Å². The molecule has 1 saturated heterocycles. The molecular weight excluding hydrogens is 474 g/mol. The maximum Gasteiger partial charge on any atom is 0.308 e. The van der Waals surface area contributed by atoms with Crippen molar-refractivity contribution in [3.05, 3.63) is 101 Å². The maximum absolute atomic E-state index is 14.1. The van der Waals surface area contributed by atoms with Gasteiger partial charge in [0.25, 0.3) is 0 Å². The Morgan fingerprint density at radius 1 is 1.00 bits per heavy atom. The number of ketones is 1. The average Bonchev–Trinajstić information content (AvgIpc) is 3.19. The van der Waals surface area contributed by atoms with Gasteiger partial charge in [-0.15, -0.1) is 0 Å². The van der Waals surface area contributed by atoms with Crippen LogP contribution in [0.4, 0.5) is 5.69 Å². The van der Waals surface area contributed by atoms with E-state index >= 15 is 0 Å². The molecule has 2 aliphatic rings. The maximum atomic E-state index is 14.1. The Bertz CT molecular complexity index is 1450. The lowest BCUT2D eigenvalue weighted by molar-refractivity contribution is -0.131. The molecule has 0 radical (unpaired) electrons. The summed E-state index contributed by atoms with van der Waals surface area (Å²) >= 11 is 6.24. The molecule has 176 valence electrons. The van der Waals surface area contributed by atoms with E-state index in [1.165, 1.54) is 6.92 Å². The van der Waals surface area contributed by atoms with E-state index in [2.05, 4.69) is 12.1 Å². The number of benzene rings is 3. The van der Waals surface area contributed by atoms with Crippen LogP contribution in [0.3, 0.4) is 0 Å². The van der Waals surface area contributed by atoms with Crippen LogP contribution in [-0.2, 0) is 4.79 Å². The molecule has 0 aliphatic carbocycles. The van der Waals surface area contributed by atoms with E-state index in [4.69, 9.17) is 16.3 Å². The number of ether oxygens (including phenoxy) is 1. The zero-order valence-electron chi connectivity index (χ0n) is 19.3. The molecule has 6 nitrogen and oxygen atoms in total. The number of carbonyl (C=O) groups is 2. The lowest BCUT2D eigenvalue weighted by Gasteiger charge is -2.35. The van der Waals surface area contributed by atoms with Crippen molar-refractivity contribution in [1.82, 2.24) is 0 Å². The highest BCUT2D eigenvalue weighted by Crippen LogP contribution is 2.55. The quantitative estimate of drug-likeness (QED) is 0.269. The van der Waals surface area contributed by atoms with Crippen molar-refractivity contribution in [3.63, 3.8) is 0 Å². The highest BCUT2D eigenvalue weighted by molar-refractivity contribution is 6.30. The van der Waals surface area contributed by atoms with Crippen molar-refractivity contribution in [1.29, 1.82) is 10.5 Å². The molecule has 0 saturated carbocycles. The molecule has 0 spiro atoms. The second-order valence-electron chi connectivity index (χ2n) is 8.82. The van der Waals surface area contributed by atoms with E-state index < -0.39 is 29.4 Å². The Labute approximate surface area is 213 Å². The normalized spacial score (nSPS) is 21.0. The first-order chi connectivity index (χ1) is 17.4. The second-order valence-corrected chi connectivity index (χ2v) is 9.26. The Hall–Kier alpha value is -4.39. The Kier molecular flexibility index (Phi) is 5.84. The zero-order chi connectivity index (χ0) is 25.4. The Balaban J connectivity index is 1.73. The lowest BCUT2D eigenvalue weighted by Crippen LogP contribution is -2.44. The molecule has 2 heterocycles. The first kappa shape index (κ1) is 23.4. The molecule has 5 rings (SSSR count). The molecule has 3 aromatic carbocycles. The molecule has 0 unspecified atom stereocenters. The first-order valence-electron chi connectivity index (χ1n) is 11.4. The van der Waals surface area contributed by atoms with Gasteiger partial charge in [-0.25, -0.2) is 0 Å². The van der Waals surface area contributed by atoms with Crippen molar-refractivity contribution >= 4 is 35.1 Å². The topological polar surface area (TPSA) is 94.2 Å². The van der Waals surface area contributed by atoms with Gasteiger partial charge in [0.15, 0.2) is 11.2 Å². The number of Topliss-reactive ketones (excluding diaryl/α,β-unsaturated/α-hetero) is 1. The van der Waals surface area contributed by atoms with Crippen molar-refractivity contribution in [2.24, 2.45) is 5.41 Å². The van der Waals surface area contributed by atoms with Gasteiger partial charge in [-0.2, -0.15) is 10.5 Å². The number of halogens is 1. The van der Waals surface area contributed by atoms with Crippen molar-refractivity contribution in [2.45, 2.75) is 24.9 Å². The first-order valence-corrected chi connectivity index (χ1v) is 11.7. The number of nitriles is 2. The van der Waals surface area contributed by atoms with Crippen LogP contribution in [0.15, 0.2) is 78.9 Å². The standard InChI is InChI=1S/C29H20ClN3O3/c1-18(34)36-23-11-7-19(8-12-23)26-27(28(35)20-5-3-2-4-6-20)33-24-13-10-22(30)15-21(24)9-14-25(33)29(26,16-31)17-32/h2-15,25-27H,1H3/t25-,26+,27-/m0/s1. The van der Waals surface area contributed by atoms with E-state index in [1.807, 2.05) is 29.2 Å². The number of rotatable bonds is 4. The third-order valence-corrected chi connectivity index (χ3v) is 7.03. The fraction of sp³-hybridized carbons (Fsp3) is 0.172. The van der Waals surface area contributed by atoms with E-state index in [1.54, 1.807) is 60.7 Å². The number of hydrogen-bond acceptors (Lipinski definition) is 6. The highest BCUT2D eigenvalue weighted by Gasteiger charge is 2.63. The number of hydrogen-bond donors (Lipinski definition) is 0. The molecule has 0 amide bonds. The Morgan fingerprint density at radius 2 is 1.69 bits per heavy atom. The van der Waals surface area contributed by atoms with Gasteiger partial charge in [0.2, 0.25) is 0 Å². The molecular formula is C29H20ClN3O3. The smallest absolute Gasteiger partial charge is 0.308 e. The van der Waals surface area contributed by atoms with Gasteiger partial charge in [-0.1, -0.05) is 66.2 Å². The molecule has 36 heavy (non-hydrogen) atoms. The fourth-order valence-corrected chi connectivity index (χ4v) is 5.50. The van der Waals surface area contributed by atoms with E-state index in [9.17, 15) is 20.1 Å². The van der Waals surface area contributed by atoms with Crippen LogP contribution in [0, 0.1) is 28.1 Å². The molecule has 0 aromatic heterocycles. The van der Waals surface area contributed by atoms with Crippen molar-refractivity contribution in [2.75, 3.05) is 4.90 Å². The van der Waals surface area contributed by atoms with E-state index in [0.717, 1.165) is 11.3 Å². The summed E-state index contributed by atoms with van der Waals surface area (Å²) < 4.78 is 5.16. The van der Waals surface area contributed by atoms with Gasteiger partial charge in [-0.3, -0.25) is 9.59 Å². The predicted octanol–water partition coefficient (Wildman–Crippen LogP) is 5.55.